The lowest BCUT2D eigenvalue weighted by molar-refractivity contribution is 0.460. The molecule has 4 bridgehead atoms. The summed E-state index contributed by atoms with van der Waals surface area (Å²) in [4.78, 5) is 3.44. The quantitative estimate of drug-likeness (QED) is 0.674. The largest absolute Gasteiger partial charge is 0.466 e. The van der Waals surface area contributed by atoms with Crippen LogP contribution in [0.3, 0.4) is 0 Å². The second-order valence-corrected chi connectivity index (χ2v) is 3.88. The van der Waals surface area contributed by atoms with Crippen molar-refractivity contribution in [2.75, 3.05) is 0 Å². The molecule has 0 saturated carbocycles. The molecule has 1 aliphatic rings. The molecular weight excluding hydrogens is 174 g/mol. The third kappa shape index (κ3) is 1.37. The Labute approximate surface area is 82.9 Å². The Morgan fingerprint density at radius 1 is 0.786 bits per heavy atom. The number of hydrogen-bond acceptors (Lipinski definition) is 1. The molecule has 14 heavy (non-hydrogen) atoms. The summed E-state index contributed by atoms with van der Waals surface area (Å²) in [5.74, 6) is 2.22. The van der Waals surface area contributed by atoms with Crippen molar-refractivity contribution in [3.05, 3.63) is 47.2 Å². The number of H-pyrrole nitrogens is 1. The van der Waals surface area contributed by atoms with Crippen LogP contribution in [-0.2, 0) is 25.7 Å². The zero-order chi connectivity index (χ0) is 9.38. The van der Waals surface area contributed by atoms with Crippen molar-refractivity contribution >= 4 is 0 Å². The van der Waals surface area contributed by atoms with Gasteiger partial charge in [-0.05, 0) is 37.1 Å². The molecule has 0 saturated heterocycles. The smallest absolute Gasteiger partial charge is 0.104 e. The van der Waals surface area contributed by atoms with Gasteiger partial charge in [0.05, 0.1) is 0 Å². The molecule has 0 unspecified atom stereocenters. The fourth-order valence-corrected chi connectivity index (χ4v) is 1.99. The second kappa shape index (κ2) is 3.05. The van der Waals surface area contributed by atoms with Crippen molar-refractivity contribution in [2.24, 2.45) is 0 Å². The minimum absolute atomic E-state index is 1.000. The van der Waals surface area contributed by atoms with Gasteiger partial charge in [0.15, 0.2) is 0 Å². The molecule has 3 rings (SSSR count). The average molecular weight is 187 g/mol. The molecular formula is C12H13NO. The summed E-state index contributed by atoms with van der Waals surface area (Å²) in [5.41, 5.74) is 2.64. The van der Waals surface area contributed by atoms with Gasteiger partial charge in [-0.15, -0.1) is 0 Å². The van der Waals surface area contributed by atoms with E-state index in [9.17, 15) is 0 Å². The van der Waals surface area contributed by atoms with Crippen molar-refractivity contribution in [2.45, 2.75) is 25.7 Å². The minimum atomic E-state index is 1.000. The maximum atomic E-state index is 5.70. The Balaban J connectivity index is 1.95. The van der Waals surface area contributed by atoms with E-state index in [2.05, 4.69) is 29.2 Å². The van der Waals surface area contributed by atoms with Gasteiger partial charge in [-0.25, -0.2) is 0 Å². The zero-order valence-electron chi connectivity index (χ0n) is 8.05. The lowest BCUT2D eigenvalue weighted by Gasteiger charge is -2.01. The molecule has 0 atom stereocenters. The van der Waals surface area contributed by atoms with Crippen molar-refractivity contribution in [3.63, 3.8) is 0 Å². The van der Waals surface area contributed by atoms with Crippen LogP contribution in [0, 0.1) is 0 Å². The third-order valence-electron chi connectivity index (χ3n) is 2.81. The van der Waals surface area contributed by atoms with Gasteiger partial charge in [0, 0.05) is 24.2 Å². The molecule has 2 nitrogen and oxygen atoms in total. The molecule has 0 aliphatic carbocycles. The number of fused-ring (bicyclic) bond motifs is 4. The van der Waals surface area contributed by atoms with Crippen LogP contribution in [0.25, 0.3) is 0 Å². The molecule has 2 heteroatoms. The van der Waals surface area contributed by atoms with Gasteiger partial charge in [0.1, 0.15) is 11.5 Å². The number of aromatic nitrogens is 1. The summed E-state index contributed by atoms with van der Waals surface area (Å²) in [6.45, 7) is 0. The zero-order valence-corrected chi connectivity index (χ0v) is 8.05. The van der Waals surface area contributed by atoms with Crippen LogP contribution in [0.15, 0.2) is 28.7 Å². The maximum Gasteiger partial charge on any atom is 0.104 e. The molecule has 2 aromatic heterocycles. The van der Waals surface area contributed by atoms with Gasteiger partial charge in [0.25, 0.3) is 0 Å². The van der Waals surface area contributed by atoms with Crippen LogP contribution < -0.4 is 0 Å². The number of aryl methyl sites for hydroxylation is 4. The van der Waals surface area contributed by atoms with Crippen molar-refractivity contribution in [3.8, 4) is 0 Å². The van der Waals surface area contributed by atoms with Crippen molar-refractivity contribution in [1.29, 1.82) is 0 Å². The fraction of sp³-hybridized carbons (Fsp3) is 0.333. The lowest BCUT2D eigenvalue weighted by Crippen LogP contribution is -1.95. The predicted octanol–water partition coefficient (Wildman–Crippen LogP) is 2.49. The molecule has 1 aliphatic heterocycles. The van der Waals surface area contributed by atoms with E-state index in [1.165, 1.54) is 11.4 Å². The third-order valence-corrected chi connectivity index (χ3v) is 2.81. The fourth-order valence-electron chi connectivity index (χ4n) is 1.99. The SMILES string of the molecule is c1cc2[nH]c1CCc1ccc(o1)CC2. The molecule has 72 valence electrons. The molecule has 3 heterocycles. The Morgan fingerprint density at radius 3 is 1.93 bits per heavy atom. The summed E-state index contributed by atoms with van der Waals surface area (Å²) in [5, 5.41) is 0. The Kier molecular flexibility index (Phi) is 1.72. The number of rotatable bonds is 0. The maximum absolute atomic E-state index is 5.70. The summed E-state index contributed by atoms with van der Waals surface area (Å²) in [6, 6.07) is 8.57. The van der Waals surface area contributed by atoms with Gasteiger partial charge in [0.2, 0.25) is 0 Å². The highest BCUT2D eigenvalue weighted by atomic mass is 16.3. The lowest BCUT2D eigenvalue weighted by atomic mass is 10.2. The van der Waals surface area contributed by atoms with Crippen molar-refractivity contribution < 1.29 is 4.42 Å². The average Bonchev–Trinajstić information content (AvgIpc) is 2.78. The van der Waals surface area contributed by atoms with Crippen LogP contribution in [0.5, 0.6) is 0 Å². The van der Waals surface area contributed by atoms with Gasteiger partial charge in [-0.3, -0.25) is 0 Å². The standard InChI is InChI=1S/C12H13NO/c1-2-10-4-6-12-8-7-11(14-12)5-3-9(1)13-10/h1-2,7-8,13H,3-6H2. The van der Waals surface area contributed by atoms with Crippen LogP contribution in [0.2, 0.25) is 0 Å². The van der Waals surface area contributed by atoms with E-state index in [0.717, 1.165) is 37.2 Å². The Hall–Kier alpha value is -1.44. The van der Waals surface area contributed by atoms with Crippen molar-refractivity contribution in [1.82, 2.24) is 4.98 Å². The monoisotopic (exact) mass is 187 g/mol. The van der Waals surface area contributed by atoms with E-state index >= 15 is 0 Å². The normalized spacial score (nSPS) is 15.4. The summed E-state index contributed by atoms with van der Waals surface area (Å²) in [7, 11) is 0. The number of hydrogen-bond donors (Lipinski definition) is 1. The first kappa shape index (κ1) is 7.92. The molecule has 1 N–H and O–H groups in total. The summed E-state index contributed by atoms with van der Waals surface area (Å²) >= 11 is 0. The van der Waals surface area contributed by atoms with Crippen LogP contribution >= 0.6 is 0 Å². The van der Waals surface area contributed by atoms with Gasteiger partial charge < -0.3 is 9.40 Å². The summed E-state index contributed by atoms with van der Waals surface area (Å²) < 4.78 is 5.70. The van der Waals surface area contributed by atoms with E-state index in [1.54, 1.807) is 0 Å². The van der Waals surface area contributed by atoms with Crippen LogP contribution in [0.4, 0.5) is 0 Å². The first-order valence-electron chi connectivity index (χ1n) is 5.14. The van der Waals surface area contributed by atoms with Gasteiger partial charge in [-0.2, -0.15) is 0 Å². The molecule has 0 radical (unpaired) electrons. The van der Waals surface area contributed by atoms with Crippen LogP contribution in [-0.4, -0.2) is 4.98 Å². The van der Waals surface area contributed by atoms with E-state index in [0.29, 0.717) is 0 Å². The number of furan rings is 1. The highest BCUT2D eigenvalue weighted by Crippen LogP contribution is 2.16. The molecule has 0 aromatic carbocycles. The minimum Gasteiger partial charge on any atom is -0.466 e. The number of aromatic amines is 1. The van der Waals surface area contributed by atoms with E-state index in [-0.39, 0.29) is 0 Å². The topological polar surface area (TPSA) is 28.9 Å². The number of nitrogens with one attached hydrogen (secondary N) is 1. The molecule has 0 amide bonds. The molecule has 0 fully saturated rings. The highest BCUT2D eigenvalue weighted by Gasteiger charge is 2.07. The first-order valence-corrected chi connectivity index (χ1v) is 5.14. The van der Waals surface area contributed by atoms with E-state index in [1.807, 2.05) is 0 Å². The summed E-state index contributed by atoms with van der Waals surface area (Å²) in [6.07, 6.45) is 4.10. The van der Waals surface area contributed by atoms with Crippen LogP contribution in [0.1, 0.15) is 22.9 Å². The Bertz CT molecular complexity index is 359. The predicted molar refractivity (Wildman–Crippen MR) is 54.3 cm³/mol. The first-order chi connectivity index (χ1) is 6.90. The van der Waals surface area contributed by atoms with E-state index < -0.39 is 0 Å². The van der Waals surface area contributed by atoms with Gasteiger partial charge in [-0.1, -0.05) is 0 Å². The second-order valence-electron chi connectivity index (χ2n) is 3.88. The molecule has 2 aromatic rings. The highest BCUT2D eigenvalue weighted by molar-refractivity contribution is 5.18. The molecule has 0 spiro atoms. The Morgan fingerprint density at radius 2 is 1.36 bits per heavy atom. The van der Waals surface area contributed by atoms with Gasteiger partial charge >= 0.3 is 0 Å². The van der Waals surface area contributed by atoms with E-state index in [4.69, 9.17) is 4.42 Å².